The topological polar surface area (TPSA) is 75.8 Å². The number of fused-ring (bicyclic) bond motifs is 1. The van der Waals surface area contributed by atoms with E-state index in [0.717, 1.165) is 21.9 Å². The monoisotopic (exact) mass is 354 g/mol. The maximum atomic E-state index is 6.21. The van der Waals surface area contributed by atoms with Gasteiger partial charge >= 0.3 is 0 Å². The van der Waals surface area contributed by atoms with Crippen LogP contribution in [0.5, 0.6) is 23.0 Å². The second-order valence-corrected chi connectivity index (χ2v) is 5.81. The highest BCUT2D eigenvalue weighted by Gasteiger charge is 2.13. The fraction of sp³-hybridized carbons (Fsp3) is 0.250. The molecule has 0 saturated heterocycles. The van der Waals surface area contributed by atoms with Gasteiger partial charge in [0.2, 0.25) is 0 Å². The Hall–Kier alpha value is -3.15. The number of pyridine rings is 1. The molecule has 0 aliphatic carbocycles. The fourth-order valence-electron chi connectivity index (χ4n) is 2.99. The molecule has 0 unspecified atom stereocenters. The van der Waals surface area contributed by atoms with Crippen molar-refractivity contribution in [1.82, 2.24) is 4.98 Å². The molecule has 1 heterocycles. The number of benzene rings is 2. The lowest BCUT2D eigenvalue weighted by molar-refractivity contribution is 0.355. The third kappa shape index (κ3) is 3.18. The molecule has 0 fully saturated rings. The van der Waals surface area contributed by atoms with Crippen LogP contribution >= 0.6 is 0 Å². The SMILES string of the molecule is COc1cc(N)c(Cc2cncc3cc(OC)c(OC)cc23)cc1OC. The first-order valence-electron chi connectivity index (χ1n) is 8.10. The van der Waals surface area contributed by atoms with E-state index in [4.69, 9.17) is 24.7 Å². The zero-order chi connectivity index (χ0) is 18.7. The molecule has 3 aromatic rings. The van der Waals surface area contributed by atoms with Gasteiger partial charge in [-0.2, -0.15) is 0 Å². The van der Waals surface area contributed by atoms with Crippen molar-refractivity contribution in [2.75, 3.05) is 34.2 Å². The van der Waals surface area contributed by atoms with Gasteiger partial charge in [0.15, 0.2) is 23.0 Å². The zero-order valence-electron chi connectivity index (χ0n) is 15.3. The van der Waals surface area contributed by atoms with Gasteiger partial charge in [-0.1, -0.05) is 0 Å². The van der Waals surface area contributed by atoms with Gasteiger partial charge in [-0.3, -0.25) is 4.98 Å². The summed E-state index contributed by atoms with van der Waals surface area (Å²) in [5, 5.41) is 2.01. The Bertz CT molecular complexity index is 941. The molecule has 1 aromatic heterocycles. The Morgan fingerprint density at radius 1 is 0.731 bits per heavy atom. The highest BCUT2D eigenvalue weighted by Crippen LogP contribution is 2.36. The van der Waals surface area contributed by atoms with Gasteiger partial charge in [0, 0.05) is 36.0 Å². The molecule has 6 nitrogen and oxygen atoms in total. The van der Waals surface area contributed by atoms with Crippen LogP contribution in [0.1, 0.15) is 11.1 Å². The van der Waals surface area contributed by atoms with Crippen molar-refractivity contribution >= 4 is 16.5 Å². The lowest BCUT2D eigenvalue weighted by Crippen LogP contribution is -2.01. The average Bonchev–Trinajstić information content (AvgIpc) is 2.68. The molecule has 136 valence electrons. The Labute approximate surface area is 152 Å². The summed E-state index contributed by atoms with van der Waals surface area (Å²) in [6.07, 6.45) is 4.25. The van der Waals surface area contributed by atoms with E-state index in [1.807, 2.05) is 24.4 Å². The summed E-state index contributed by atoms with van der Waals surface area (Å²) in [6.45, 7) is 0. The van der Waals surface area contributed by atoms with Crippen LogP contribution in [0.3, 0.4) is 0 Å². The summed E-state index contributed by atoms with van der Waals surface area (Å²) in [7, 11) is 6.43. The lowest BCUT2D eigenvalue weighted by Gasteiger charge is -2.14. The van der Waals surface area contributed by atoms with E-state index in [1.165, 1.54) is 0 Å². The van der Waals surface area contributed by atoms with Gasteiger partial charge in [0.25, 0.3) is 0 Å². The average molecular weight is 354 g/mol. The minimum Gasteiger partial charge on any atom is -0.493 e. The third-order valence-corrected chi connectivity index (χ3v) is 4.37. The normalized spacial score (nSPS) is 10.6. The van der Waals surface area contributed by atoms with Crippen molar-refractivity contribution in [3.05, 3.63) is 47.8 Å². The number of anilines is 1. The van der Waals surface area contributed by atoms with Crippen LogP contribution in [0.15, 0.2) is 36.7 Å². The first-order chi connectivity index (χ1) is 12.6. The minimum atomic E-state index is 0.603. The van der Waals surface area contributed by atoms with Gasteiger partial charge in [0.05, 0.1) is 28.4 Å². The molecular weight excluding hydrogens is 332 g/mol. The number of aromatic nitrogens is 1. The van der Waals surface area contributed by atoms with Gasteiger partial charge in [-0.15, -0.1) is 0 Å². The number of hydrogen-bond acceptors (Lipinski definition) is 6. The molecule has 0 bridgehead atoms. The van der Waals surface area contributed by atoms with Crippen molar-refractivity contribution < 1.29 is 18.9 Å². The van der Waals surface area contributed by atoms with Crippen LogP contribution in [0.4, 0.5) is 5.69 Å². The van der Waals surface area contributed by atoms with Crippen molar-refractivity contribution in [1.29, 1.82) is 0 Å². The summed E-state index contributed by atoms with van der Waals surface area (Å²) in [5.41, 5.74) is 8.82. The standard InChI is InChI=1S/C20H22N2O4/c1-23-17-6-12(16(21)9-20(17)26-4)5-13-10-22-11-14-7-18(24-2)19(25-3)8-15(13)14/h6-11H,5,21H2,1-4H3. The Balaban J connectivity index is 2.09. The Morgan fingerprint density at radius 2 is 1.31 bits per heavy atom. The minimum absolute atomic E-state index is 0.603. The third-order valence-electron chi connectivity index (χ3n) is 4.37. The molecule has 6 heteroatoms. The van der Waals surface area contributed by atoms with Crippen molar-refractivity contribution in [2.45, 2.75) is 6.42 Å². The van der Waals surface area contributed by atoms with Crippen LogP contribution in [0, 0.1) is 0 Å². The molecule has 0 aliphatic heterocycles. The van der Waals surface area contributed by atoms with Gasteiger partial charge in [-0.25, -0.2) is 0 Å². The maximum absolute atomic E-state index is 6.21. The molecule has 0 amide bonds. The number of nitrogens with zero attached hydrogens (tertiary/aromatic N) is 1. The Kier molecular flexibility index (Phi) is 5.02. The molecule has 0 atom stereocenters. The fourth-order valence-corrected chi connectivity index (χ4v) is 2.99. The summed E-state index contributed by atoms with van der Waals surface area (Å²) >= 11 is 0. The molecule has 0 radical (unpaired) electrons. The smallest absolute Gasteiger partial charge is 0.162 e. The molecule has 2 N–H and O–H groups in total. The number of rotatable bonds is 6. The molecule has 0 spiro atoms. The molecular formula is C20H22N2O4. The van der Waals surface area contributed by atoms with Gasteiger partial charge < -0.3 is 24.7 Å². The molecule has 2 aromatic carbocycles. The molecule has 0 aliphatic rings. The van der Waals surface area contributed by atoms with E-state index in [2.05, 4.69) is 4.98 Å². The van der Waals surface area contributed by atoms with E-state index < -0.39 is 0 Å². The molecule has 0 saturated carbocycles. The predicted molar refractivity (Wildman–Crippen MR) is 102 cm³/mol. The van der Waals surface area contributed by atoms with Crippen LogP contribution in [0.25, 0.3) is 10.8 Å². The lowest BCUT2D eigenvalue weighted by atomic mass is 9.99. The van der Waals surface area contributed by atoms with E-state index in [-0.39, 0.29) is 0 Å². The van der Waals surface area contributed by atoms with Crippen molar-refractivity contribution in [3.63, 3.8) is 0 Å². The van der Waals surface area contributed by atoms with Crippen LogP contribution in [-0.4, -0.2) is 33.4 Å². The summed E-state index contributed by atoms with van der Waals surface area (Å²) in [5.74, 6) is 2.60. The summed E-state index contributed by atoms with van der Waals surface area (Å²) in [4.78, 5) is 4.35. The van der Waals surface area contributed by atoms with E-state index in [1.54, 1.807) is 40.7 Å². The van der Waals surface area contributed by atoms with Crippen LogP contribution < -0.4 is 24.7 Å². The predicted octanol–water partition coefficient (Wildman–Crippen LogP) is 3.44. The van der Waals surface area contributed by atoms with E-state index in [9.17, 15) is 0 Å². The van der Waals surface area contributed by atoms with E-state index >= 15 is 0 Å². The quantitative estimate of drug-likeness (QED) is 0.684. The van der Waals surface area contributed by atoms with Crippen LogP contribution in [-0.2, 0) is 6.42 Å². The highest BCUT2D eigenvalue weighted by molar-refractivity contribution is 5.88. The number of nitrogens with two attached hydrogens (primary N) is 1. The first kappa shape index (κ1) is 17.7. The maximum Gasteiger partial charge on any atom is 0.162 e. The van der Waals surface area contributed by atoms with E-state index in [0.29, 0.717) is 35.1 Å². The van der Waals surface area contributed by atoms with Crippen LogP contribution in [0.2, 0.25) is 0 Å². The second-order valence-electron chi connectivity index (χ2n) is 5.81. The largest absolute Gasteiger partial charge is 0.493 e. The summed E-state index contributed by atoms with van der Waals surface area (Å²) in [6, 6.07) is 7.55. The van der Waals surface area contributed by atoms with Crippen molar-refractivity contribution in [3.8, 4) is 23.0 Å². The number of ether oxygens (including phenoxy) is 4. The highest BCUT2D eigenvalue weighted by atomic mass is 16.5. The van der Waals surface area contributed by atoms with Gasteiger partial charge in [0.1, 0.15) is 0 Å². The Morgan fingerprint density at radius 3 is 1.96 bits per heavy atom. The first-order valence-corrected chi connectivity index (χ1v) is 8.10. The molecule has 3 rings (SSSR count). The number of nitrogen functional groups attached to an aromatic ring is 1. The number of hydrogen-bond donors (Lipinski definition) is 1. The molecule has 26 heavy (non-hydrogen) atoms. The zero-order valence-corrected chi connectivity index (χ0v) is 15.3. The number of methoxy groups -OCH3 is 4. The van der Waals surface area contributed by atoms with Gasteiger partial charge in [-0.05, 0) is 34.7 Å². The summed E-state index contributed by atoms with van der Waals surface area (Å²) < 4.78 is 21.5. The second kappa shape index (κ2) is 7.39. The van der Waals surface area contributed by atoms with Crippen molar-refractivity contribution in [2.24, 2.45) is 0 Å².